The molecule has 2 aromatic carbocycles. The molecule has 0 spiro atoms. The van der Waals surface area contributed by atoms with Crippen LogP contribution >= 0.6 is 11.8 Å². The number of rotatable bonds is 5. The first kappa shape index (κ1) is 19.5. The van der Waals surface area contributed by atoms with Gasteiger partial charge in [-0.3, -0.25) is 9.36 Å². The number of nitrogens with zero attached hydrogens (tertiary/aromatic N) is 4. The third-order valence-electron chi connectivity index (χ3n) is 5.45. The molecule has 0 saturated heterocycles. The van der Waals surface area contributed by atoms with E-state index in [-0.39, 0.29) is 16.4 Å². The van der Waals surface area contributed by atoms with E-state index in [0.717, 1.165) is 17.1 Å². The summed E-state index contributed by atoms with van der Waals surface area (Å²) in [5.41, 5.74) is 4.17. The molecule has 0 fully saturated rings. The van der Waals surface area contributed by atoms with Gasteiger partial charge in [0.25, 0.3) is 0 Å². The molecule has 3 aromatic rings. The fourth-order valence-corrected chi connectivity index (χ4v) is 4.66. The predicted molar refractivity (Wildman–Crippen MR) is 118 cm³/mol. The van der Waals surface area contributed by atoms with Gasteiger partial charge in [0.05, 0.1) is 5.25 Å². The maximum atomic E-state index is 13.1. The third-order valence-corrected chi connectivity index (χ3v) is 6.53. The number of fused-ring (bicyclic) bond motifs is 1. The molecule has 1 atom stereocenters. The first-order valence-electron chi connectivity index (χ1n) is 9.61. The number of benzene rings is 2. The molecule has 5 nitrogen and oxygen atoms in total. The van der Waals surface area contributed by atoms with E-state index < -0.39 is 0 Å². The van der Waals surface area contributed by atoms with E-state index in [1.807, 2.05) is 61.0 Å². The molecule has 148 valence electrons. The fourth-order valence-electron chi connectivity index (χ4n) is 3.80. The second kappa shape index (κ2) is 7.52. The van der Waals surface area contributed by atoms with E-state index in [4.69, 9.17) is 0 Å². The molecule has 0 saturated carbocycles. The van der Waals surface area contributed by atoms with Crippen LogP contribution in [0, 0.1) is 0 Å². The van der Waals surface area contributed by atoms with E-state index >= 15 is 0 Å². The second-order valence-corrected chi connectivity index (χ2v) is 9.02. The van der Waals surface area contributed by atoms with E-state index in [1.165, 1.54) is 17.3 Å². The van der Waals surface area contributed by atoms with Crippen LogP contribution < -0.4 is 4.90 Å². The number of thioether (sulfide) groups is 1. The predicted octanol–water partition coefficient (Wildman–Crippen LogP) is 4.63. The SMILES string of the molecule is CC(Sc1nncn1-c1ccccc1)C(=O)/C=C1/N(C)c2ccccc2C1(C)C. The van der Waals surface area contributed by atoms with Crippen LogP contribution in [0.1, 0.15) is 26.3 Å². The van der Waals surface area contributed by atoms with E-state index in [0.29, 0.717) is 5.16 Å². The molecule has 1 unspecified atom stereocenters. The number of allylic oxidation sites excluding steroid dienone is 2. The summed E-state index contributed by atoms with van der Waals surface area (Å²) in [4.78, 5) is 15.2. The van der Waals surface area contributed by atoms with Gasteiger partial charge in [-0.1, -0.05) is 62.0 Å². The zero-order chi connectivity index (χ0) is 20.6. The Kier molecular flexibility index (Phi) is 5.04. The Morgan fingerprint density at radius 1 is 1.10 bits per heavy atom. The molecule has 29 heavy (non-hydrogen) atoms. The topological polar surface area (TPSA) is 51.0 Å². The van der Waals surface area contributed by atoms with Crippen molar-refractivity contribution in [2.45, 2.75) is 36.6 Å². The zero-order valence-electron chi connectivity index (χ0n) is 17.0. The van der Waals surface area contributed by atoms with Crippen molar-refractivity contribution in [2.75, 3.05) is 11.9 Å². The quantitative estimate of drug-likeness (QED) is 0.458. The summed E-state index contributed by atoms with van der Waals surface area (Å²) < 4.78 is 1.91. The molecule has 0 bridgehead atoms. The zero-order valence-corrected chi connectivity index (χ0v) is 17.9. The van der Waals surface area contributed by atoms with Crippen LogP contribution in [0.15, 0.2) is 77.9 Å². The minimum atomic E-state index is -0.276. The number of aromatic nitrogens is 3. The lowest BCUT2D eigenvalue weighted by Crippen LogP contribution is -2.25. The first-order chi connectivity index (χ1) is 13.9. The van der Waals surface area contributed by atoms with Crippen LogP contribution in [0.25, 0.3) is 5.69 Å². The average Bonchev–Trinajstić information content (AvgIpc) is 3.26. The average molecular weight is 405 g/mol. The summed E-state index contributed by atoms with van der Waals surface area (Å²) in [5, 5.41) is 8.68. The number of hydrogen-bond acceptors (Lipinski definition) is 5. The third kappa shape index (κ3) is 3.49. The Morgan fingerprint density at radius 2 is 1.79 bits per heavy atom. The Hall–Kier alpha value is -2.86. The highest BCUT2D eigenvalue weighted by atomic mass is 32.2. The Morgan fingerprint density at radius 3 is 2.52 bits per heavy atom. The molecule has 6 heteroatoms. The molecule has 2 heterocycles. The molecule has 0 N–H and O–H groups in total. The van der Waals surface area contributed by atoms with Gasteiger partial charge in [-0.25, -0.2) is 0 Å². The molecule has 0 aliphatic carbocycles. The molecule has 4 rings (SSSR count). The molecular weight excluding hydrogens is 380 g/mol. The highest BCUT2D eigenvalue weighted by molar-refractivity contribution is 8.00. The van der Waals surface area contributed by atoms with Crippen LogP contribution in [0.5, 0.6) is 0 Å². The number of likely N-dealkylation sites (N-methyl/N-ethyl adjacent to an activating group) is 1. The van der Waals surface area contributed by atoms with Crippen LogP contribution in [0.2, 0.25) is 0 Å². The second-order valence-electron chi connectivity index (χ2n) is 7.71. The summed E-state index contributed by atoms with van der Waals surface area (Å²) in [7, 11) is 2.02. The maximum absolute atomic E-state index is 13.1. The van der Waals surface area contributed by atoms with Crippen molar-refractivity contribution >= 4 is 23.2 Å². The van der Waals surface area contributed by atoms with E-state index in [2.05, 4.69) is 41.1 Å². The van der Waals surface area contributed by atoms with Crippen molar-refractivity contribution in [3.05, 3.63) is 78.3 Å². The van der Waals surface area contributed by atoms with Gasteiger partial charge >= 0.3 is 0 Å². The Balaban J connectivity index is 1.57. The first-order valence-corrected chi connectivity index (χ1v) is 10.5. The lowest BCUT2D eigenvalue weighted by Gasteiger charge is -2.24. The standard InChI is InChI=1S/C23H24N4OS/c1-16(29-22-25-24-15-27(22)17-10-6-5-7-11-17)20(28)14-21-23(2,3)18-12-8-9-13-19(18)26(21)4/h5-16H,1-4H3/b21-14+. The van der Waals surface area contributed by atoms with Gasteiger partial charge in [0.15, 0.2) is 10.9 Å². The van der Waals surface area contributed by atoms with Crippen molar-refractivity contribution in [3.8, 4) is 5.69 Å². The van der Waals surface area contributed by atoms with Crippen LogP contribution in [0.3, 0.4) is 0 Å². The van der Waals surface area contributed by atoms with E-state index in [9.17, 15) is 4.79 Å². The molecule has 1 aliphatic rings. The molecular formula is C23H24N4OS. The normalized spacial score (nSPS) is 17.4. The number of anilines is 1. The van der Waals surface area contributed by atoms with Crippen LogP contribution in [-0.2, 0) is 10.2 Å². The monoisotopic (exact) mass is 404 g/mol. The summed E-state index contributed by atoms with van der Waals surface area (Å²) >= 11 is 1.43. The van der Waals surface area contributed by atoms with Gasteiger partial charge in [0, 0.05) is 35.6 Å². The highest BCUT2D eigenvalue weighted by Gasteiger charge is 2.38. The van der Waals surface area contributed by atoms with Gasteiger partial charge in [-0.15, -0.1) is 10.2 Å². The van der Waals surface area contributed by atoms with Gasteiger partial charge < -0.3 is 4.90 Å². The molecule has 0 radical (unpaired) electrons. The number of ketones is 1. The summed E-state index contributed by atoms with van der Waals surface area (Å²) in [5.74, 6) is 0.0698. The van der Waals surface area contributed by atoms with Crippen molar-refractivity contribution in [3.63, 3.8) is 0 Å². The van der Waals surface area contributed by atoms with Crippen molar-refractivity contribution < 1.29 is 4.79 Å². The number of hydrogen-bond donors (Lipinski definition) is 0. The summed E-state index contributed by atoms with van der Waals surface area (Å²) in [6.07, 6.45) is 3.47. The van der Waals surface area contributed by atoms with Crippen molar-refractivity contribution in [1.29, 1.82) is 0 Å². The van der Waals surface area contributed by atoms with Gasteiger partial charge in [-0.05, 0) is 30.7 Å². The minimum absolute atomic E-state index is 0.0698. The van der Waals surface area contributed by atoms with Gasteiger partial charge in [0.1, 0.15) is 6.33 Å². The largest absolute Gasteiger partial charge is 0.347 e. The van der Waals surface area contributed by atoms with Gasteiger partial charge in [-0.2, -0.15) is 0 Å². The number of carbonyl (C=O) groups excluding carboxylic acids is 1. The summed E-state index contributed by atoms with van der Waals surface area (Å²) in [6.45, 7) is 6.25. The lowest BCUT2D eigenvalue weighted by atomic mass is 9.83. The molecule has 1 aromatic heterocycles. The minimum Gasteiger partial charge on any atom is -0.347 e. The lowest BCUT2D eigenvalue weighted by molar-refractivity contribution is -0.114. The Labute approximate surface area is 175 Å². The maximum Gasteiger partial charge on any atom is 0.196 e. The number of carbonyl (C=O) groups is 1. The molecule has 0 amide bonds. The van der Waals surface area contributed by atoms with Crippen LogP contribution in [-0.4, -0.2) is 32.8 Å². The smallest absolute Gasteiger partial charge is 0.196 e. The van der Waals surface area contributed by atoms with E-state index in [1.54, 1.807) is 12.4 Å². The van der Waals surface area contributed by atoms with Crippen LogP contribution in [0.4, 0.5) is 5.69 Å². The van der Waals surface area contributed by atoms with Crippen molar-refractivity contribution in [1.82, 2.24) is 14.8 Å². The molecule has 1 aliphatic heterocycles. The summed E-state index contributed by atoms with van der Waals surface area (Å²) in [6, 6.07) is 18.2. The fraction of sp³-hybridized carbons (Fsp3) is 0.261. The highest BCUT2D eigenvalue weighted by Crippen LogP contribution is 2.46. The van der Waals surface area contributed by atoms with Gasteiger partial charge in [0.2, 0.25) is 0 Å². The number of para-hydroxylation sites is 2. The Bertz CT molecular complexity index is 1070. The van der Waals surface area contributed by atoms with Crippen molar-refractivity contribution in [2.24, 2.45) is 0 Å².